The average molecular weight is 481 g/mol. The minimum atomic E-state index is -1.77. The van der Waals surface area contributed by atoms with E-state index in [2.05, 4.69) is 78.6 Å². The van der Waals surface area contributed by atoms with Crippen molar-refractivity contribution in [2.24, 2.45) is 0 Å². The van der Waals surface area contributed by atoms with Crippen molar-refractivity contribution in [1.82, 2.24) is 0 Å². The minimum absolute atomic E-state index is 0.00121. The van der Waals surface area contributed by atoms with E-state index in [9.17, 15) is 20.4 Å². The van der Waals surface area contributed by atoms with Crippen LogP contribution in [0.25, 0.3) is 0 Å². The largest absolute Gasteiger partial charge is 0.394 e. The Morgan fingerprint density at radius 1 is 0.655 bits per heavy atom. The summed E-state index contributed by atoms with van der Waals surface area (Å²) in [6.45, 7) is 29.1. The van der Waals surface area contributed by atoms with Crippen molar-refractivity contribution >= 4 is 32.3 Å². The van der Waals surface area contributed by atoms with E-state index < -0.39 is 57.2 Å². The van der Waals surface area contributed by atoms with Crippen LogP contribution in [-0.2, 0) is 0 Å². The van der Waals surface area contributed by atoms with E-state index in [0.29, 0.717) is 4.28 Å². The van der Waals surface area contributed by atoms with E-state index in [1.807, 2.05) is 0 Å². The summed E-state index contributed by atoms with van der Waals surface area (Å²) in [5, 5.41) is 40.3. The first-order chi connectivity index (χ1) is 12.6. The molecule has 0 aromatic carbocycles. The van der Waals surface area contributed by atoms with Gasteiger partial charge in [-0.3, -0.25) is 0 Å². The number of aliphatic hydroxyl groups excluding tert-OH is 4. The van der Waals surface area contributed by atoms with Gasteiger partial charge < -0.3 is 20.4 Å². The molecule has 0 aliphatic carbocycles. The molecule has 176 valence electrons. The van der Waals surface area contributed by atoms with Gasteiger partial charge in [0.1, 0.15) is 12.2 Å². The number of rotatable bonds is 12. The van der Waals surface area contributed by atoms with Crippen molar-refractivity contribution in [2.75, 3.05) is 6.61 Å². The Bertz CT molecular complexity index is 465. The maximum Gasteiger partial charge on any atom is 0.108 e. The molecule has 29 heavy (non-hydrogen) atoms. The molecule has 0 amide bonds. The Kier molecular flexibility index (Phi) is 10.3. The van der Waals surface area contributed by atoms with Crippen LogP contribution in [0.1, 0.15) is 19.3 Å². The lowest BCUT2D eigenvalue weighted by Gasteiger charge is -2.59. The Morgan fingerprint density at radius 2 is 1.03 bits per heavy atom. The molecule has 0 heterocycles. The molecule has 2 unspecified atom stereocenters. The third-order valence-corrected chi connectivity index (χ3v) is 32.2. The SMILES string of the molecule is C[Si](C)(C)C(CCCC([Si](C)(C)C)([Si](C)(C)C)[Si](C)(C)C)C(O)[C@H](O)[C@H](O)CO. The lowest BCUT2D eigenvalue weighted by Crippen LogP contribution is -2.65. The molecule has 4 nitrogen and oxygen atoms in total. The maximum absolute atomic E-state index is 10.9. The van der Waals surface area contributed by atoms with Gasteiger partial charge in [0.05, 0.1) is 20.8 Å². The Morgan fingerprint density at radius 3 is 1.31 bits per heavy atom. The van der Waals surface area contributed by atoms with Crippen LogP contribution in [0.5, 0.6) is 0 Å². The highest BCUT2D eigenvalue weighted by atomic mass is 28.5. The van der Waals surface area contributed by atoms with E-state index in [1.165, 1.54) is 6.42 Å². The second-order valence-electron chi connectivity index (χ2n) is 13.3. The standard InChI is InChI=1S/C21H52O4Si4/c1-26(2,3)18(20(25)19(24)17(23)16-22)14-13-15-21(27(4,5)6,28(7,8)9)29(10,11)12/h17-20,22-25H,13-16H2,1-12H3/t17-,18?,19-,20?/m1/s1. The predicted octanol–water partition coefficient (Wildman–Crippen LogP) is 4.77. The third-order valence-electron chi connectivity index (χ3n) is 7.36. The zero-order valence-corrected chi connectivity index (χ0v) is 25.4. The molecule has 0 rings (SSSR count). The molecular formula is C21H52O4Si4. The van der Waals surface area contributed by atoms with Crippen LogP contribution in [0.15, 0.2) is 0 Å². The Hall–Kier alpha value is 0.708. The van der Waals surface area contributed by atoms with Gasteiger partial charge in [-0.25, -0.2) is 0 Å². The van der Waals surface area contributed by atoms with Crippen LogP contribution in [-0.4, -0.2) is 77.6 Å². The van der Waals surface area contributed by atoms with Gasteiger partial charge in [-0.15, -0.1) is 0 Å². The highest BCUT2D eigenvalue weighted by Gasteiger charge is 2.58. The lowest BCUT2D eigenvalue weighted by atomic mass is 10.0. The second-order valence-corrected chi connectivity index (χ2v) is 36.3. The van der Waals surface area contributed by atoms with Crippen LogP contribution < -0.4 is 0 Å². The fraction of sp³-hybridized carbons (Fsp3) is 1.00. The molecule has 8 heteroatoms. The normalized spacial score (nSPS) is 19.0. The highest BCUT2D eigenvalue weighted by molar-refractivity contribution is 7.15. The van der Waals surface area contributed by atoms with Gasteiger partial charge in [0.25, 0.3) is 0 Å². The van der Waals surface area contributed by atoms with Crippen LogP contribution in [0.4, 0.5) is 0 Å². The van der Waals surface area contributed by atoms with Gasteiger partial charge in [-0.1, -0.05) is 97.8 Å². The van der Waals surface area contributed by atoms with Gasteiger partial charge in [0.15, 0.2) is 0 Å². The summed E-state index contributed by atoms with van der Waals surface area (Å²) in [5.41, 5.74) is 0.00121. The number of hydrogen-bond acceptors (Lipinski definition) is 4. The molecule has 0 aliphatic heterocycles. The molecule has 0 bridgehead atoms. The summed E-state index contributed by atoms with van der Waals surface area (Å²) in [6.07, 6.45) is -0.384. The van der Waals surface area contributed by atoms with Crippen molar-refractivity contribution in [2.45, 2.75) is 126 Å². The molecule has 4 atom stereocenters. The number of hydrogen-bond donors (Lipinski definition) is 4. The first-order valence-corrected chi connectivity index (χ1v) is 25.4. The van der Waals surface area contributed by atoms with Crippen molar-refractivity contribution in [3.8, 4) is 0 Å². The van der Waals surface area contributed by atoms with Gasteiger partial charge in [-0.2, -0.15) is 0 Å². The van der Waals surface area contributed by atoms with Crippen LogP contribution in [0, 0.1) is 0 Å². The lowest BCUT2D eigenvalue weighted by molar-refractivity contribution is -0.0792. The van der Waals surface area contributed by atoms with E-state index in [0.717, 1.165) is 12.8 Å². The second kappa shape index (κ2) is 10.1. The summed E-state index contributed by atoms with van der Waals surface area (Å²) < 4.78 is 0.491. The molecule has 0 radical (unpaired) electrons. The van der Waals surface area contributed by atoms with Crippen molar-refractivity contribution in [1.29, 1.82) is 0 Å². The molecule has 0 aromatic heterocycles. The van der Waals surface area contributed by atoms with Gasteiger partial charge in [-0.05, 0) is 9.83 Å². The summed E-state index contributed by atoms with van der Waals surface area (Å²) in [4.78, 5) is 0. The summed E-state index contributed by atoms with van der Waals surface area (Å²) in [5.74, 6) is 0. The summed E-state index contributed by atoms with van der Waals surface area (Å²) in [7, 11) is -6.12. The fourth-order valence-electron chi connectivity index (χ4n) is 6.78. The monoisotopic (exact) mass is 480 g/mol. The highest BCUT2D eigenvalue weighted by Crippen LogP contribution is 2.57. The maximum atomic E-state index is 10.9. The molecule has 4 N–H and O–H groups in total. The van der Waals surface area contributed by atoms with Gasteiger partial charge in [0.2, 0.25) is 0 Å². The zero-order chi connectivity index (χ0) is 23.6. The van der Waals surface area contributed by atoms with E-state index in [1.54, 1.807) is 0 Å². The van der Waals surface area contributed by atoms with Gasteiger partial charge in [0, 0.05) is 24.2 Å². The van der Waals surface area contributed by atoms with Crippen molar-refractivity contribution in [3.05, 3.63) is 0 Å². The topological polar surface area (TPSA) is 80.9 Å². The molecule has 0 aromatic rings. The quantitative estimate of drug-likeness (QED) is 0.303. The first kappa shape index (κ1) is 29.7. The molecule has 0 saturated heterocycles. The summed E-state index contributed by atoms with van der Waals surface area (Å²) in [6, 6.07) is 0. The number of aliphatic hydroxyl groups is 4. The average Bonchev–Trinajstić information content (AvgIpc) is 2.47. The molecule has 0 spiro atoms. The molecular weight excluding hydrogens is 429 g/mol. The minimum Gasteiger partial charge on any atom is -0.394 e. The van der Waals surface area contributed by atoms with Gasteiger partial charge >= 0.3 is 0 Å². The Balaban J connectivity index is 5.80. The van der Waals surface area contributed by atoms with E-state index in [4.69, 9.17) is 0 Å². The first-order valence-electron chi connectivity index (χ1n) is 11.3. The van der Waals surface area contributed by atoms with Crippen molar-refractivity contribution in [3.63, 3.8) is 0 Å². The predicted molar refractivity (Wildman–Crippen MR) is 139 cm³/mol. The molecule has 0 fully saturated rings. The Labute approximate surface area is 185 Å². The molecule has 0 aliphatic rings. The van der Waals surface area contributed by atoms with Crippen LogP contribution in [0.3, 0.4) is 0 Å². The van der Waals surface area contributed by atoms with E-state index >= 15 is 0 Å². The zero-order valence-electron chi connectivity index (χ0n) is 21.4. The molecule has 0 saturated carbocycles. The third kappa shape index (κ3) is 6.84. The van der Waals surface area contributed by atoms with Crippen LogP contribution >= 0.6 is 0 Å². The van der Waals surface area contributed by atoms with E-state index in [-0.39, 0.29) is 5.54 Å². The smallest absolute Gasteiger partial charge is 0.108 e. The fourth-order valence-corrected chi connectivity index (χ4v) is 38.8. The van der Waals surface area contributed by atoms with Crippen molar-refractivity contribution < 1.29 is 20.4 Å². The summed E-state index contributed by atoms with van der Waals surface area (Å²) >= 11 is 0. The van der Waals surface area contributed by atoms with Crippen LogP contribution in [0.2, 0.25) is 88.4 Å².